The molecule has 0 spiro atoms. The Morgan fingerprint density at radius 2 is 2.23 bits per heavy atom. The van der Waals surface area contributed by atoms with Crippen LogP contribution in [0.1, 0.15) is 45.8 Å². The van der Waals surface area contributed by atoms with Crippen molar-refractivity contribution in [3.05, 3.63) is 51.0 Å². The van der Waals surface area contributed by atoms with Crippen LogP contribution < -0.4 is 5.32 Å². The number of carbonyl (C=O) groups excluding carboxylic acids is 1. The Balaban J connectivity index is 1.63. The second-order valence-electron chi connectivity index (χ2n) is 6.09. The molecule has 0 aliphatic heterocycles. The van der Waals surface area contributed by atoms with Gasteiger partial charge < -0.3 is 5.32 Å². The summed E-state index contributed by atoms with van der Waals surface area (Å²) in [7, 11) is 0. The number of carbonyl (C=O) groups is 1. The minimum atomic E-state index is -0.119. The van der Waals surface area contributed by atoms with Crippen LogP contribution in [0.15, 0.2) is 24.7 Å². The third kappa shape index (κ3) is 4.31. The van der Waals surface area contributed by atoms with Gasteiger partial charge in [0.1, 0.15) is 4.88 Å². The predicted octanol–water partition coefficient (Wildman–Crippen LogP) is 3.25. The molecule has 0 bridgehead atoms. The fourth-order valence-corrected chi connectivity index (χ4v) is 3.74. The van der Waals surface area contributed by atoms with E-state index in [9.17, 15) is 4.79 Å². The lowest BCUT2D eigenvalue weighted by Crippen LogP contribution is -2.23. The first-order valence-corrected chi connectivity index (χ1v) is 9.61. The van der Waals surface area contributed by atoms with Crippen LogP contribution in [0.5, 0.6) is 0 Å². The molecule has 1 atom stereocenters. The highest BCUT2D eigenvalue weighted by molar-refractivity contribution is 7.13. The predicted molar refractivity (Wildman–Crippen MR) is 102 cm³/mol. The average molecular weight is 393 g/mol. The van der Waals surface area contributed by atoms with Gasteiger partial charge in [0.25, 0.3) is 5.91 Å². The van der Waals surface area contributed by atoms with Gasteiger partial charge in [-0.05, 0) is 19.9 Å². The number of amides is 1. The molecule has 0 radical (unpaired) electrons. The maximum Gasteiger partial charge on any atom is 0.263 e. The first kappa shape index (κ1) is 18.6. The number of rotatable bonds is 7. The molecule has 3 aromatic heterocycles. The third-order valence-electron chi connectivity index (χ3n) is 3.95. The minimum absolute atomic E-state index is 0.119. The summed E-state index contributed by atoms with van der Waals surface area (Å²) in [5, 5.41) is 13.0. The van der Waals surface area contributed by atoms with Crippen LogP contribution in [-0.4, -0.2) is 30.5 Å². The van der Waals surface area contributed by atoms with E-state index in [4.69, 9.17) is 11.6 Å². The normalized spacial score (nSPS) is 12.3. The van der Waals surface area contributed by atoms with Crippen molar-refractivity contribution in [1.29, 1.82) is 0 Å². The van der Waals surface area contributed by atoms with E-state index in [2.05, 4.69) is 27.4 Å². The van der Waals surface area contributed by atoms with Crippen LogP contribution >= 0.6 is 22.9 Å². The van der Waals surface area contributed by atoms with Gasteiger partial charge in [-0.1, -0.05) is 18.5 Å². The van der Waals surface area contributed by atoms with Gasteiger partial charge in [-0.15, -0.1) is 11.3 Å². The van der Waals surface area contributed by atoms with Gasteiger partial charge in [0.05, 0.1) is 34.2 Å². The van der Waals surface area contributed by atoms with Crippen molar-refractivity contribution in [2.24, 2.45) is 0 Å². The molecule has 0 saturated heterocycles. The highest BCUT2D eigenvalue weighted by atomic mass is 35.5. The number of hydrogen-bond donors (Lipinski definition) is 1. The molecule has 0 fully saturated rings. The molecule has 0 aliphatic rings. The molecular weight excluding hydrogens is 372 g/mol. The Hall–Kier alpha value is -2.19. The summed E-state index contributed by atoms with van der Waals surface area (Å²) >= 11 is 7.32. The van der Waals surface area contributed by atoms with Crippen molar-refractivity contribution >= 4 is 28.8 Å². The van der Waals surface area contributed by atoms with E-state index in [0.717, 1.165) is 22.9 Å². The first-order chi connectivity index (χ1) is 12.5. The molecule has 3 aromatic rings. The molecule has 7 nitrogen and oxygen atoms in total. The topological polar surface area (TPSA) is 77.6 Å². The summed E-state index contributed by atoms with van der Waals surface area (Å²) in [6.45, 7) is 7.82. The van der Waals surface area contributed by atoms with Gasteiger partial charge in [-0.2, -0.15) is 10.2 Å². The summed E-state index contributed by atoms with van der Waals surface area (Å²) in [5.41, 5.74) is 1.58. The molecule has 0 aromatic carbocycles. The van der Waals surface area contributed by atoms with Crippen LogP contribution in [-0.2, 0) is 19.6 Å². The van der Waals surface area contributed by atoms with Gasteiger partial charge in [0.2, 0.25) is 0 Å². The second kappa shape index (κ2) is 8.01. The third-order valence-corrected chi connectivity index (χ3v) is 5.54. The zero-order valence-electron chi connectivity index (χ0n) is 14.9. The number of aromatic nitrogens is 5. The Morgan fingerprint density at radius 3 is 2.88 bits per heavy atom. The fourth-order valence-electron chi connectivity index (χ4n) is 2.56. The van der Waals surface area contributed by atoms with E-state index >= 15 is 0 Å². The molecule has 3 rings (SSSR count). The summed E-state index contributed by atoms with van der Waals surface area (Å²) < 4.78 is 3.62. The largest absolute Gasteiger partial charge is 0.346 e. The van der Waals surface area contributed by atoms with Gasteiger partial charge >= 0.3 is 0 Å². The minimum Gasteiger partial charge on any atom is -0.346 e. The van der Waals surface area contributed by atoms with Crippen molar-refractivity contribution < 1.29 is 4.79 Å². The van der Waals surface area contributed by atoms with E-state index in [1.165, 1.54) is 11.3 Å². The van der Waals surface area contributed by atoms with Crippen molar-refractivity contribution in [2.75, 3.05) is 0 Å². The Morgan fingerprint density at radius 1 is 1.42 bits per heavy atom. The number of hydrogen-bond acceptors (Lipinski definition) is 5. The van der Waals surface area contributed by atoms with Gasteiger partial charge in [0.15, 0.2) is 0 Å². The van der Waals surface area contributed by atoms with Gasteiger partial charge in [-0.3, -0.25) is 14.2 Å². The highest BCUT2D eigenvalue weighted by Gasteiger charge is 2.19. The zero-order chi connectivity index (χ0) is 18.7. The van der Waals surface area contributed by atoms with Crippen LogP contribution in [0.25, 0.3) is 0 Å². The smallest absolute Gasteiger partial charge is 0.263 e. The Labute approximate surface area is 161 Å². The van der Waals surface area contributed by atoms with Crippen LogP contribution in [0.3, 0.4) is 0 Å². The van der Waals surface area contributed by atoms with Crippen LogP contribution in [0.2, 0.25) is 5.02 Å². The maximum absolute atomic E-state index is 12.5. The lowest BCUT2D eigenvalue weighted by atomic mass is 10.2. The standard InChI is InChI=1S/C17H21ClN6OS/c1-4-23-6-5-14(22-23)8-19-16(25)15-12(3)21-17(26-15)11(2)9-24-10-13(18)7-20-24/h5-7,10-11H,4,8-9H2,1-3H3,(H,19,25). The maximum atomic E-state index is 12.5. The summed E-state index contributed by atoms with van der Waals surface area (Å²) in [5.74, 6) is 0.0168. The highest BCUT2D eigenvalue weighted by Crippen LogP contribution is 2.26. The average Bonchev–Trinajstić information content (AvgIpc) is 3.32. The van der Waals surface area contributed by atoms with E-state index in [0.29, 0.717) is 23.0 Å². The van der Waals surface area contributed by atoms with E-state index in [1.807, 2.05) is 30.8 Å². The van der Waals surface area contributed by atoms with Crippen LogP contribution in [0.4, 0.5) is 0 Å². The Kier molecular flexibility index (Phi) is 5.73. The monoisotopic (exact) mass is 392 g/mol. The number of nitrogens with one attached hydrogen (secondary N) is 1. The molecular formula is C17H21ClN6OS. The van der Waals surface area contributed by atoms with Crippen molar-refractivity contribution in [3.63, 3.8) is 0 Å². The van der Waals surface area contributed by atoms with Crippen molar-refractivity contribution in [3.8, 4) is 0 Å². The van der Waals surface area contributed by atoms with E-state index < -0.39 is 0 Å². The molecule has 1 unspecified atom stereocenters. The van der Waals surface area contributed by atoms with Crippen molar-refractivity contribution in [2.45, 2.75) is 46.3 Å². The lowest BCUT2D eigenvalue weighted by molar-refractivity contribution is 0.0953. The number of nitrogens with zero attached hydrogens (tertiary/aromatic N) is 5. The summed E-state index contributed by atoms with van der Waals surface area (Å²) in [6, 6.07) is 1.91. The Bertz CT molecular complexity index is 899. The molecule has 0 saturated carbocycles. The number of thiazole rings is 1. The van der Waals surface area contributed by atoms with E-state index in [1.54, 1.807) is 17.1 Å². The van der Waals surface area contributed by atoms with Gasteiger partial charge in [0, 0.05) is 31.4 Å². The van der Waals surface area contributed by atoms with Crippen molar-refractivity contribution in [1.82, 2.24) is 29.9 Å². The molecule has 138 valence electrons. The molecule has 26 heavy (non-hydrogen) atoms. The summed E-state index contributed by atoms with van der Waals surface area (Å²) in [4.78, 5) is 17.7. The molecule has 3 heterocycles. The van der Waals surface area contributed by atoms with Crippen LogP contribution in [0, 0.1) is 6.92 Å². The molecule has 1 amide bonds. The first-order valence-electron chi connectivity index (χ1n) is 8.42. The van der Waals surface area contributed by atoms with Gasteiger partial charge in [-0.25, -0.2) is 4.98 Å². The second-order valence-corrected chi connectivity index (χ2v) is 7.56. The molecule has 1 N–H and O–H groups in total. The zero-order valence-corrected chi connectivity index (χ0v) is 16.5. The lowest BCUT2D eigenvalue weighted by Gasteiger charge is -2.07. The number of halogens is 1. The summed E-state index contributed by atoms with van der Waals surface area (Å²) in [6.07, 6.45) is 5.29. The fraction of sp³-hybridized carbons (Fsp3) is 0.412. The SMILES string of the molecule is CCn1ccc(CNC(=O)c2sc(C(C)Cn3cc(Cl)cn3)nc2C)n1. The quantitative estimate of drug-likeness (QED) is 0.669. The van der Waals surface area contributed by atoms with E-state index in [-0.39, 0.29) is 11.8 Å². The number of aryl methyl sites for hydroxylation is 2. The molecule has 9 heteroatoms. The molecule has 0 aliphatic carbocycles.